The van der Waals surface area contributed by atoms with E-state index in [0.717, 1.165) is 50.3 Å². The number of nitrogens with zero attached hydrogens (tertiary/aromatic N) is 2. The molecule has 2 aliphatic heterocycles. The average Bonchev–Trinajstić information content (AvgIpc) is 3.13. The number of carboxylic acid groups (broad SMARTS) is 1. The molecule has 0 amide bonds. The Hall–Kier alpha value is -2.65. The summed E-state index contributed by atoms with van der Waals surface area (Å²) in [6, 6.07) is 16.2. The monoisotopic (exact) mass is 438 g/mol. The molecule has 2 saturated heterocycles. The number of alkyl halides is 3. The first-order valence-electron chi connectivity index (χ1n) is 10.0. The molecule has 6 nitrogen and oxygen atoms in total. The van der Waals surface area contributed by atoms with Crippen LogP contribution in [0.25, 0.3) is 0 Å². The number of hydrogen-bond donors (Lipinski definition) is 1. The highest BCUT2D eigenvalue weighted by Gasteiger charge is 2.43. The van der Waals surface area contributed by atoms with E-state index in [4.69, 9.17) is 19.4 Å². The summed E-state index contributed by atoms with van der Waals surface area (Å²) in [4.78, 5) is 15.8. The topological polar surface area (TPSA) is 71.9 Å². The number of likely N-dealkylation sites (tertiary alicyclic amines) is 1. The van der Waals surface area contributed by atoms with Crippen LogP contribution in [0, 0.1) is 0 Å². The summed E-state index contributed by atoms with van der Waals surface area (Å²) in [7, 11) is 0. The second-order valence-corrected chi connectivity index (χ2v) is 7.65. The van der Waals surface area contributed by atoms with Gasteiger partial charge in [0.05, 0.1) is 17.9 Å². The molecular formula is C22H25F3N2O4. The third kappa shape index (κ3) is 6.93. The number of pyridine rings is 1. The van der Waals surface area contributed by atoms with Gasteiger partial charge in [-0.05, 0) is 37.1 Å². The lowest BCUT2D eigenvalue weighted by molar-refractivity contribution is -0.192. The number of piperidine rings is 1. The van der Waals surface area contributed by atoms with Crippen LogP contribution >= 0.6 is 0 Å². The van der Waals surface area contributed by atoms with Crippen LogP contribution < -0.4 is 4.74 Å². The fourth-order valence-corrected chi connectivity index (χ4v) is 3.76. The molecule has 31 heavy (non-hydrogen) atoms. The predicted molar refractivity (Wildman–Crippen MR) is 107 cm³/mol. The smallest absolute Gasteiger partial charge is 0.488 e. The number of ether oxygens (including phenoxy) is 2. The SMILES string of the molecule is O=C(O)C(F)(F)F.c1ccc(OC2COC3(CCN(Cc4ccccn4)CC3)C2)cc1. The normalized spacial score (nSPS) is 20.7. The van der Waals surface area contributed by atoms with Crippen LogP contribution in [0.2, 0.25) is 0 Å². The Morgan fingerprint density at radius 2 is 1.81 bits per heavy atom. The Kier molecular flexibility index (Phi) is 7.50. The number of benzene rings is 1. The van der Waals surface area contributed by atoms with Crippen molar-refractivity contribution in [1.29, 1.82) is 0 Å². The van der Waals surface area contributed by atoms with Gasteiger partial charge in [0.25, 0.3) is 0 Å². The number of para-hydroxylation sites is 1. The Morgan fingerprint density at radius 3 is 2.39 bits per heavy atom. The number of carbonyl (C=O) groups is 1. The second-order valence-electron chi connectivity index (χ2n) is 7.65. The van der Waals surface area contributed by atoms with Crippen LogP contribution in [-0.2, 0) is 16.1 Å². The first kappa shape index (κ1) is 23.0. The lowest BCUT2D eigenvalue weighted by atomic mass is 9.88. The van der Waals surface area contributed by atoms with E-state index in [9.17, 15) is 13.2 Å². The number of aliphatic carboxylic acids is 1. The maximum absolute atomic E-state index is 10.6. The van der Waals surface area contributed by atoms with Crippen molar-refractivity contribution in [1.82, 2.24) is 9.88 Å². The van der Waals surface area contributed by atoms with Gasteiger partial charge in [0.15, 0.2) is 0 Å². The van der Waals surface area contributed by atoms with E-state index >= 15 is 0 Å². The van der Waals surface area contributed by atoms with Crippen molar-refractivity contribution in [3.63, 3.8) is 0 Å². The van der Waals surface area contributed by atoms with Crippen molar-refractivity contribution in [3.8, 4) is 5.75 Å². The number of carboxylic acids is 1. The second kappa shape index (κ2) is 10.1. The van der Waals surface area contributed by atoms with Crippen molar-refractivity contribution in [2.45, 2.75) is 43.7 Å². The zero-order chi connectivity index (χ0) is 22.3. The molecule has 9 heteroatoms. The summed E-state index contributed by atoms with van der Waals surface area (Å²) in [5.41, 5.74) is 1.16. The van der Waals surface area contributed by atoms with Gasteiger partial charge >= 0.3 is 12.1 Å². The molecule has 2 aliphatic rings. The van der Waals surface area contributed by atoms with E-state index in [-0.39, 0.29) is 11.7 Å². The molecule has 1 aromatic carbocycles. The summed E-state index contributed by atoms with van der Waals surface area (Å²) in [6.45, 7) is 3.76. The van der Waals surface area contributed by atoms with Gasteiger partial charge in [0.1, 0.15) is 11.9 Å². The number of aromatic nitrogens is 1. The Balaban J connectivity index is 0.000000339. The van der Waals surface area contributed by atoms with Crippen LogP contribution in [0.4, 0.5) is 13.2 Å². The molecule has 168 valence electrons. The minimum Gasteiger partial charge on any atom is -0.488 e. The van der Waals surface area contributed by atoms with Gasteiger partial charge in [-0.1, -0.05) is 24.3 Å². The largest absolute Gasteiger partial charge is 0.490 e. The van der Waals surface area contributed by atoms with Gasteiger partial charge in [-0.2, -0.15) is 13.2 Å². The van der Waals surface area contributed by atoms with Gasteiger partial charge in [-0.3, -0.25) is 9.88 Å². The molecule has 2 aromatic rings. The third-order valence-electron chi connectivity index (χ3n) is 5.34. The number of hydrogen-bond acceptors (Lipinski definition) is 5. The predicted octanol–water partition coefficient (Wildman–Crippen LogP) is 3.92. The van der Waals surface area contributed by atoms with E-state index in [1.54, 1.807) is 0 Å². The highest BCUT2D eigenvalue weighted by atomic mass is 19.4. The van der Waals surface area contributed by atoms with Crippen LogP contribution in [0.5, 0.6) is 5.75 Å². The van der Waals surface area contributed by atoms with E-state index < -0.39 is 12.1 Å². The molecule has 1 spiro atoms. The molecule has 0 radical (unpaired) electrons. The van der Waals surface area contributed by atoms with Crippen LogP contribution in [-0.4, -0.2) is 58.5 Å². The molecule has 2 fully saturated rings. The van der Waals surface area contributed by atoms with Gasteiger partial charge in [-0.25, -0.2) is 4.79 Å². The molecule has 1 N–H and O–H groups in total. The maximum Gasteiger partial charge on any atom is 0.490 e. The molecule has 1 unspecified atom stereocenters. The lowest BCUT2D eigenvalue weighted by Crippen LogP contribution is -2.44. The van der Waals surface area contributed by atoms with Crippen LogP contribution in [0.3, 0.4) is 0 Å². The van der Waals surface area contributed by atoms with Gasteiger partial charge in [0, 0.05) is 32.3 Å². The van der Waals surface area contributed by atoms with E-state index in [2.05, 4.69) is 22.0 Å². The van der Waals surface area contributed by atoms with Gasteiger partial charge in [-0.15, -0.1) is 0 Å². The van der Waals surface area contributed by atoms with E-state index in [0.29, 0.717) is 6.61 Å². The fourth-order valence-electron chi connectivity index (χ4n) is 3.76. The lowest BCUT2D eigenvalue weighted by Gasteiger charge is -2.38. The van der Waals surface area contributed by atoms with E-state index in [1.165, 1.54) is 0 Å². The summed E-state index contributed by atoms with van der Waals surface area (Å²) in [5, 5.41) is 7.12. The number of rotatable bonds is 4. The fraction of sp³-hybridized carbons (Fsp3) is 0.455. The number of halogens is 3. The van der Waals surface area contributed by atoms with Crippen LogP contribution in [0.1, 0.15) is 25.0 Å². The van der Waals surface area contributed by atoms with Gasteiger partial charge in [0.2, 0.25) is 0 Å². The quantitative estimate of drug-likeness (QED) is 0.780. The molecule has 1 aromatic heterocycles. The first-order valence-corrected chi connectivity index (χ1v) is 10.0. The molecule has 1 atom stereocenters. The third-order valence-corrected chi connectivity index (χ3v) is 5.34. The summed E-state index contributed by atoms with van der Waals surface area (Å²) in [5.74, 6) is -1.82. The van der Waals surface area contributed by atoms with Crippen molar-refractivity contribution < 1.29 is 32.5 Å². The van der Waals surface area contributed by atoms with Crippen molar-refractivity contribution in [2.75, 3.05) is 19.7 Å². The Morgan fingerprint density at radius 1 is 1.16 bits per heavy atom. The van der Waals surface area contributed by atoms with Crippen molar-refractivity contribution >= 4 is 5.97 Å². The maximum atomic E-state index is 10.6. The van der Waals surface area contributed by atoms with Crippen molar-refractivity contribution in [3.05, 3.63) is 60.4 Å². The van der Waals surface area contributed by atoms with Crippen molar-refractivity contribution in [2.24, 2.45) is 0 Å². The molecule has 0 saturated carbocycles. The molecule has 3 heterocycles. The Labute approximate surface area is 178 Å². The molecule has 4 rings (SSSR count). The van der Waals surface area contributed by atoms with Crippen LogP contribution in [0.15, 0.2) is 54.7 Å². The molecular weight excluding hydrogens is 413 g/mol. The van der Waals surface area contributed by atoms with E-state index in [1.807, 2.05) is 42.6 Å². The summed E-state index contributed by atoms with van der Waals surface area (Å²) < 4.78 is 44.0. The average molecular weight is 438 g/mol. The summed E-state index contributed by atoms with van der Waals surface area (Å²) >= 11 is 0. The van der Waals surface area contributed by atoms with Gasteiger partial charge < -0.3 is 14.6 Å². The molecule has 0 bridgehead atoms. The zero-order valence-corrected chi connectivity index (χ0v) is 16.9. The Bertz CT molecular complexity index is 826. The zero-order valence-electron chi connectivity index (χ0n) is 16.9. The highest BCUT2D eigenvalue weighted by molar-refractivity contribution is 5.73. The standard InChI is InChI=1S/C20H24N2O2.C2HF3O2/c1-2-7-18(8-3-1)24-19-14-20(23-16-19)9-12-22(13-10-20)15-17-6-4-5-11-21-17;3-2(4,5)1(6)7/h1-8,11,19H,9-10,12-16H2;(H,6,7). The minimum absolute atomic E-state index is 0.0140. The molecule has 0 aliphatic carbocycles. The minimum atomic E-state index is -5.08. The summed E-state index contributed by atoms with van der Waals surface area (Å²) in [6.07, 6.45) is 0.115. The highest BCUT2D eigenvalue weighted by Crippen LogP contribution is 2.37. The first-order chi connectivity index (χ1) is 14.8.